The van der Waals surface area contributed by atoms with Crippen LogP contribution in [-0.2, 0) is 14.4 Å². The lowest BCUT2D eigenvalue weighted by Crippen LogP contribution is -2.01. The molecule has 0 spiro atoms. The molecular weight excluding hydrogens is 472 g/mol. The summed E-state index contributed by atoms with van der Waals surface area (Å²) < 4.78 is 10.00. The molecule has 0 saturated heterocycles. The summed E-state index contributed by atoms with van der Waals surface area (Å²) in [6.45, 7) is 0. The van der Waals surface area contributed by atoms with Gasteiger partial charge < -0.3 is 19.7 Å². The van der Waals surface area contributed by atoms with Crippen molar-refractivity contribution in [3.05, 3.63) is 102 Å². The van der Waals surface area contributed by atoms with E-state index in [1.807, 2.05) is 30.3 Å². The second kappa shape index (κ2) is 15.2. The number of hydrogen-bond donors (Lipinski definition) is 2. The van der Waals surface area contributed by atoms with Gasteiger partial charge in [-0.3, -0.25) is 14.4 Å². The van der Waals surface area contributed by atoms with Crippen LogP contribution in [0.2, 0.25) is 0 Å². The molecule has 3 aromatic carbocycles. The molecule has 0 aromatic heterocycles. The number of methoxy groups -OCH3 is 2. The number of hydrogen-bond acceptors (Lipinski definition) is 7. The summed E-state index contributed by atoms with van der Waals surface area (Å²) in [5.41, 5.74) is 2.38. The van der Waals surface area contributed by atoms with Crippen LogP contribution in [-0.4, -0.2) is 42.3 Å². The predicted molar refractivity (Wildman–Crippen MR) is 144 cm³/mol. The molecule has 37 heavy (non-hydrogen) atoms. The molecule has 0 fully saturated rings. The van der Waals surface area contributed by atoms with E-state index < -0.39 is 0 Å². The highest BCUT2D eigenvalue weighted by atomic mass is 16.5. The first-order valence-corrected chi connectivity index (χ1v) is 11.2. The van der Waals surface area contributed by atoms with Crippen LogP contribution in [0.15, 0.2) is 85.0 Å². The van der Waals surface area contributed by atoms with Gasteiger partial charge in [-0.05, 0) is 59.2 Å². The van der Waals surface area contributed by atoms with Gasteiger partial charge in [0.05, 0.1) is 20.6 Å². The van der Waals surface area contributed by atoms with Gasteiger partial charge in [-0.1, -0.05) is 60.7 Å². The average Bonchev–Trinajstić information content (AvgIpc) is 2.92. The van der Waals surface area contributed by atoms with Crippen LogP contribution in [0.1, 0.15) is 23.1 Å². The third-order valence-corrected chi connectivity index (χ3v) is 4.85. The molecule has 7 heteroatoms. The molecule has 0 unspecified atom stereocenters. The van der Waals surface area contributed by atoms with Gasteiger partial charge in [-0.15, -0.1) is 0 Å². The second-order valence-corrected chi connectivity index (χ2v) is 7.54. The predicted octanol–water partition coefficient (Wildman–Crippen LogP) is 5.27. The summed E-state index contributed by atoms with van der Waals surface area (Å²) >= 11 is 0. The third-order valence-electron chi connectivity index (χ3n) is 4.85. The molecule has 3 rings (SSSR count). The van der Waals surface area contributed by atoms with Gasteiger partial charge in [-0.2, -0.15) is 0 Å². The lowest BCUT2D eigenvalue weighted by Gasteiger charge is -2.03. The third kappa shape index (κ3) is 10.1. The molecule has 0 atom stereocenters. The number of aromatic hydroxyl groups is 2. The minimum absolute atomic E-state index is 0.00662. The highest BCUT2D eigenvalue weighted by Gasteiger charge is 2.06. The second-order valence-electron chi connectivity index (χ2n) is 7.54. The number of allylic oxidation sites excluding steroid dienone is 3. The summed E-state index contributed by atoms with van der Waals surface area (Å²) in [5.74, 6) is -0.0832. The van der Waals surface area contributed by atoms with Gasteiger partial charge in [0.25, 0.3) is 0 Å². The van der Waals surface area contributed by atoms with E-state index in [2.05, 4.69) is 0 Å². The van der Waals surface area contributed by atoms with Crippen molar-refractivity contribution in [1.29, 1.82) is 0 Å². The smallest absolute Gasteiger partial charge is 0.163 e. The number of carbonyl (C=O) groups is 3. The maximum atomic E-state index is 11.9. The van der Waals surface area contributed by atoms with Crippen LogP contribution in [0.3, 0.4) is 0 Å². The van der Waals surface area contributed by atoms with E-state index in [1.165, 1.54) is 44.6 Å². The Hall–Kier alpha value is -4.91. The lowest BCUT2D eigenvalue weighted by molar-refractivity contribution is -0.121. The van der Waals surface area contributed by atoms with Crippen molar-refractivity contribution in [2.45, 2.75) is 6.42 Å². The zero-order chi connectivity index (χ0) is 27.0. The lowest BCUT2D eigenvalue weighted by atomic mass is 10.1. The number of phenolic OH excluding ortho intramolecular Hbond substituents is 2. The van der Waals surface area contributed by atoms with Gasteiger partial charge in [0.15, 0.2) is 34.6 Å². The number of aldehydes is 1. The number of carbonyl (C=O) groups excluding carboxylic acids is 3. The van der Waals surface area contributed by atoms with Crippen molar-refractivity contribution < 1.29 is 34.1 Å². The van der Waals surface area contributed by atoms with Crippen LogP contribution in [0, 0.1) is 0 Å². The normalized spacial score (nSPS) is 10.8. The van der Waals surface area contributed by atoms with Gasteiger partial charge in [0.2, 0.25) is 0 Å². The highest BCUT2D eigenvalue weighted by Crippen LogP contribution is 2.27. The fraction of sp³-hybridized carbons (Fsp3) is 0.100. The van der Waals surface area contributed by atoms with Crippen LogP contribution < -0.4 is 9.47 Å². The number of ether oxygens (including phenoxy) is 2. The monoisotopic (exact) mass is 500 g/mol. The van der Waals surface area contributed by atoms with Crippen molar-refractivity contribution in [2.75, 3.05) is 14.2 Å². The van der Waals surface area contributed by atoms with Crippen LogP contribution in [0.25, 0.3) is 18.2 Å². The molecule has 0 bridgehead atoms. The summed E-state index contributed by atoms with van der Waals surface area (Å²) in [6.07, 6.45) is 9.47. The Kier molecular flexibility index (Phi) is 11.6. The Morgan fingerprint density at radius 1 is 0.703 bits per heavy atom. The van der Waals surface area contributed by atoms with Crippen molar-refractivity contribution in [1.82, 2.24) is 0 Å². The maximum Gasteiger partial charge on any atom is 0.163 e. The Morgan fingerprint density at radius 2 is 1.19 bits per heavy atom. The molecule has 0 saturated carbocycles. The Balaban J connectivity index is 0.000000402. The van der Waals surface area contributed by atoms with Gasteiger partial charge in [0.1, 0.15) is 6.29 Å². The van der Waals surface area contributed by atoms with E-state index in [9.17, 15) is 24.6 Å². The summed E-state index contributed by atoms with van der Waals surface area (Å²) in [7, 11) is 2.87. The first-order chi connectivity index (χ1) is 17.9. The molecule has 3 aromatic rings. The van der Waals surface area contributed by atoms with E-state index >= 15 is 0 Å². The molecule has 0 amide bonds. The van der Waals surface area contributed by atoms with Crippen LogP contribution >= 0.6 is 0 Å². The molecular formula is C30H28O7. The van der Waals surface area contributed by atoms with Gasteiger partial charge in [-0.25, -0.2) is 0 Å². The van der Waals surface area contributed by atoms with Gasteiger partial charge >= 0.3 is 0 Å². The fourth-order valence-corrected chi connectivity index (χ4v) is 2.98. The molecule has 0 aliphatic carbocycles. The van der Waals surface area contributed by atoms with E-state index in [0.717, 1.165) is 11.8 Å². The molecule has 0 aliphatic heterocycles. The molecule has 0 radical (unpaired) electrons. The topological polar surface area (TPSA) is 110 Å². The molecule has 0 aliphatic rings. The quantitative estimate of drug-likeness (QED) is 0.222. The number of ketones is 2. The number of phenols is 2. The number of benzene rings is 3. The minimum Gasteiger partial charge on any atom is -0.504 e. The standard InChI is InChI=1S/C21H20O6.C9H8O/c1-26-20-11-14(5-9-18(20)24)3-7-16(22)13-17(23)8-4-15-6-10-19(25)21(12-15)27-2;10-8-4-7-9-5-2-1-3-6-9/h3-12,24-25H,13H2,1-2H3;1-8H/b7-3+,8-4+;. The Bertz CT molecular complexity index is 1220. The number of rotatable bonds is 10. The summed E-state index contributed by atoms with van der Waals surface area (Å²) in [6, 6.07) is 19.0. The average molecular weight is 501 g/mol. The molecule has 7 nitrogen and oxygen atoms in total. The Morgan fingerprint density at radius 3 is 1.62 bits per heavy atom. The zero-order valence-corrected chi connectivity index (χ0v) is 20.5. The van der Waals surface area contributed by atoms with Gasteiger partial charge in [0, 0.05) is 0 Å². The molecule has 2 N–H and O–H groups in total. The van der Waals surface area contributed by atoms with Crippen LogP contribution in [0.5, 0.6) is 23.0 Å². The van der Waals surface area contributed by atoms with E-state index in [0.29, 0.717) is 22.6 Å². The van der Waals surface area contributed by atoms with Crippen molar-refractivity contribution in [3.63, 3.8) is 0 Å². The van der Waals surface area contributed by atoms with E-state index in [-0.39, 0.29) is 29.5 Å². The minimum atomic E-state index is -0.347. The van der Waals surface area contributed by atoms with Crippen molar-refractivity contribution >= 4 is 36.1 Å². The summed E-state index contributed by atoms with van der Waals surface area (Å²) in [5, 5.41) is 19.1. The zero-order valence-electron chi connectivity index (χ0n) is 20.5. The summed E-state index contributed by atoms with van der Waals surface area (Å²) in [4.78, 5) is 33.8. The van der Waals surface area contributed by atoms with Crippen molar-refractivity contribution in [3.8, 4) is 23.0 Å². The maximum absolute atomic E-state index is 11.9. The fourth-order valence-electron chi connectivity index (χ4n) is 2.98. The molecule has 0 heterocycles. The highest BCUT2D eigenvalue weighted by molar-refractivity contribution is 6.10. The SMILES string of the molecule is COc1cc(/C=C/C(=O)CC(=O)/C=C/c2ccc(O)c(OC)c2)ccc1O.O=CC=Cc1ccccc1. The first-order valence-electron chi connectivity index (χ1n) is 11.2. The van der Waals surface area contributed by atoms with E-state index in [4.69, 9.17) is 9.47 Å². The molecule has 190 valence electrons. The van der Waals surface area contributed by atoms with Crippen LogP contribution in [0.4, 0.5) is 0 Å². The first kappa shape index (κ1) is 28.3. The Labute approximate surface area is 215 Å². The largest absolute Gasteiger partial charge is 0.504 e. The van der Waals surface area contributed by atoms with Crippen molar-refractivity contribution in [2.24, 2.45) is 0 Å². The van der Waals surface area contributed by atoms with E-state index in [1.54, 1.807) is 42.5 Å².